The first kappa shape index (κ1) is 19.8. The minimum absolute atomic E-state index is 0.0810. The van der Waals surface area contributed by atoms with Gasteiger partial charge in [-0.3, -0.25) is 4.79 Å². The van der Waals surface area contributed by atoms with Crippen molar-refractivity contribution in [2.75, 3.05) is 14.1 Å². The second-order valence-corrected chi connectivity index (χ2v) is 11.1. The van der Waals surface area contributed by atoms with E-state index in [0.717, 1.165) is 38.5 Å². The summed E-state index contributed by atoms with van der Waals surface area (Å²) in [6.07, 6.45) is 7.29. The number of aliphatic hydroxyl groups excluding tert-OH is 1. The van der Waals surface area contributed by atoms with E-state index in [-0.39, 0.29) is 28.9 Å². The zero-order valence-corrected chi connectivity index (χ0v) is 17.9. The molecule has 0 spiro atoms. The Hall–Kier alpha value is -0.450. The summed E-state index contributed by atoms with van der Waals surface area (Å²) in [4.78, 5) is 14.5. The van der Waals surface area contributed by atoms with Crippen LogP contribution in [0.4, 0.5) is 0 Å². The molecule has 4 rings (SSSR count). The molecule has 0 aromatic rings. The molecule has 4 heteroatoms. The zero-order chi connectivity index (χ0) is 19.8. The third-order valence-corrected chi connectivity index (χ3v) is 9.95. The third kappa shape index (κ3) is 2.55. The Morgan fingerprint density at radius 2 is 1.74 bits per heavy atom. The Bertz CT molecular complexity index is 621. The summed E-state index contributed by atoms with van der Waals surface area (Å²) in [5.41, 5.74) is -0.814. The SMILES string of the molecule is CC(=O)[C@H]1CC[C@H]2[C@@H]3C[C@H](N(C)C)[C@]4(O)C[C@@H](O)CC[C@]4(C)[C@H]3CC[C@]12C. The molecular weight excluding hydrogens is 338 g/mol. The molecule has 0 aliphatic heterocycles. The fourth-order valence-electron chi connectivity index (χ4n) is 8.57. The smallest absolute Gasteiger partial charge is 0.133 e. The maximum Gasteiger partial charge on any atom is 0.133 e. The van der Waals surface area contributed by atoms with Crippen LogP contribution in [0.3, 0.4) is 0 Å². The maximum atomic E-state index is 12.3. The summed E-state index contributed by atoms with van der Waals surface area (Å²) in [5.74, 6) is 2.29. The van der Waals surface area contributed by atoms with Crippen molar-refractivity contribution in [1.82, 2.24) is 4.90 Å². The van der Waals surface area contributed by atoms with Crippen molar-refractivity contribution in [2.45, 2.75) is 89.9 Å². The number of nitrogens with zero attached hydrogens (tertiary/aromatic N) is 1. The molecule has 0 unspecified atom stereocenters. The topological polar surface area (TPSA) is 60.8 Å². The molecule has 4 aliphatic carbocycles. The summed E-state index contributed by atoms with van der Waals surface area (Å²) < 4.78 is 0. The van der Waals surface area contributed by atoms with Crippen molar-refractivity contribution in [3.63, 3.8) is 0 Å². The van der Waals surface area contributed by atoms with Crippen LogP contribution in [0, 0.1) is 34.5 Å². The average Bonchev–Trinajstić information content (AvgIpc) is 2.92. The van der Waals surface area contributed by atoms with Gasteiger partial charge in [-0.2, -0.15) is 0 Å². The zero-order valence-electron chi connectivity index (χ0n) is 17.9. The number of carbonyl (C=O) groups excluding carboxylic acids is 1. The van der Waals surface area contributed by atoms with E-state index >= 15 is 0 Å². The van der Waals surface area contributed by atoms with Gasteiger partial charge in [-0.15, -0.1) is 0 Å². The van der Waals surface area contributed by atoms with Crippen LogP contribution in [0.2, 0.25) is 0 Å². The molecule has 0 aromatic heterocycles. The predicted octanol–water partition coefficient (Wildman–Crippen LogP) is 3.25. The summed E-state index contributed by atoms with van der Waals surface area (Å²) in [6.45, 7) is 6.48. The van der Waals surface area contributed by atoms with Gasteiger partial charge in [-0.25, -0.2) is 0 Å². The minimum atomic E-state index is -0.818. The Morgan fingerprint density at radius 1 is 1.04 bits per heavy atom. The Kier molecular flexibility index (Phi) is 4.61. The molecule has 154 valence electrons. The van der Waals surface area contributed by atoms with Crippen molar-refractivity contribution in [3.05, 3.63) is 0 Å². The number of aliphatic hydroxyl groups is 2. The first-order valence-electron chi connectivity index (χ1n) is 11.1. The molecule has 4 nitrogen and oxygen atoms in total. The second kappa shape index (κ2) is 6.27. The van der Waals surface area contributed by atoms with E-state index in [9.17, 15) is 15.0 Å². The number of hydrogen-bond acceptors (Lipinski definition) is 4. The number of rotatable bonds is 2. The van der Waals surface area contributed by atoms with Gasteiger partial charge in [0.1, 0.15) is 5.78 Å². The quantitative estimate of drug-likeness (QED) is 0.775. The summed E-state index contributed by atoms with van der Waals surface area (Å²) in [7, 11) is 4.17. The standard InChI is InChI=1S/C23H39NO3/c1-14(25)17-6-7-18-16-12-20(24(4)5)23(27)13-15(26)8-11-22(23,3)19(16)9-10-21(17,18)2/h15-20,26-27H,6-13H2,1-5H3/t15-,16-,17+,18-,19-,20-,21+,22+,23+/m0/s1. The molecule has 0 bridgehead atoms. The number of hydrogen-bond donors (Lipinski definition) is 2. The van der Waals surface area contributed by atoms with Crippen molar-refractivity contribution in [3.8, 4) is 0 Å². The normalized spacial score (nSPS) is 55.0. The van der Waals surface area contributed by atoms with E-state index in [1.54, 1.807) is 6.92 Å². The van der Waals surface area contributed by atoms with E-state index in [0.29, 0.717) is 30.0 Å². The first-order valence-corrected chi connectivity index (χ1v) is 11.1. The highest BCUT2D eigenvalue weighted by Crippen LogP contribution is 2.68. The van der Waals surface area contributed by atoms with Gasteiger partial charge in [0, 0.05) is 23.8 Å². The molecule has 0 amide bonds. The summed E-state index contributed by atoms with van der Waals surface area (Å²) in [6, 6.07) is 0.0810. The van der Waals surface area contributed by atoms with Crippen molar-refractivity contribution in [2.24, 2.45) is 34.5 Å². The van der Waals surface area contributed by atoms with E-state index in [4.69, 9.17) is 0 Å². The number of carbonyl (C=O) groups is 1. The van der Waals surface area contributed by atoms with Crippen LogP contribution in [0.25, 0.3) is 0 Å². The molecule has 4 saturated carbocycles. The molecule has 4 aliphatic rings. The van der Waals surface area contributed by atoms with Crippen LogP contribution in [-0.2, 0) is 4.79 Å². The van der Waals surface area contributed by atoms with E-state index in [1.165, 1.54) is 6.42 Å². The van der Waals surface area contributed by atoms with Gasteiger partial charge in [0.25, 0.3) is 0 Å². The summed E-state index contributed by atoms with van der Waals surface area (Å²) >= 11 is 0. The molecule has 0 radical (unpaired) electrons. The van der Waals surface area contributed by atoms with Gasteiger partial charge in [-0.1, -0.05) is 13.8 Å². The van der Waals surface area contributed by atoms with Crippen LogP contribution in [-0.4, -0.2) is 52.7 Å². The number of Topliss-reactive ketones (excluding diaryl/α,β-unsaturated/α-hetero) is 1. The lowest BCUT2D eigenvalue weighted by molar-refractivity contribution is -0.246. The number of likely N-dealkylation sites (N-methyl/N-ethyl adjacent to an activating group) is 1. The average molecular weight is 378 g/mol. The molecule has 27 heavy (non-hydrogen) atoms. The maximum absolute atomic E-state index is 12.3. The molecule has 0 heterocycles. The molecule has 0 saturated heterocycles. The monoisotopic (exact) mass is 377 g/mol. The highest BCUT2D eigenvalue weighted by molar-refractivity contribution is 5.79. The fraction of sp³-hybridized carbons (Fsp3) is 0.957. The van der Waals surface area contributed by atoms with Crippen LogP contribution in [0.1, 0.15) is 72.1 Å². The van der Waals surface area contributed by atoms with Crippen molar-refractivity contribution < 1.29 is 15.0 Å². The van der Waals surface area contributed by atoms with E-state index in [2.05, 4.69) is 32.8 Å². The molecule has 2 N–H and O–H groups in total. The van der Waals surface area contributed by atoms with E-state index < -0.39 is 5.60 Å². The van der Waals surface area contributed by atoms with Crippen LogP contribution < -0.4 is 0 Å². The highest BCUT2D eigenvalue weighted by atomic mass is 16.3. The lowest BCUT2D eigenvalue weighted by Crippen LogP contribution is -2.71. The van der Waals surface area contributed by atoms with Gasteiger partial charge in [-0.05, 0) is 89.1 Å². The first-order chi connectivity index (χ1) is 12.5. The van der Waals surface area contributed by atoms with Crippen molar-refractivity contribution >= 4 is 5.78 Å². The predicted molar refractivity (Wildman–Crippen MR) is 106 cm³/mol. The van der Waals surface area contributed by atoms with Gasteiger partial charge in [0.05, 0.1) is 11.7 Å². The highest BCUT2D eigenvalue weighted by Gasteiger charge is 2.67. The third-order valence-electron chi connectivity index (χ3n) is 9.95. The van der Waals surface area contributed by atoms with Crippen LogP contribution in [0.15, 0.2) is 0 Å². The van der Waals surface area contributed by atoms with Crippen LogP contribution >= 0.6 is 0 Å². The minimum Gasteiger partial charge on any atom is -0.393 e. The van der Waals surface area contributed by atoms with Gasteiger partial charge in [0.15, 0.2) is 0 Å². The Morgan fingerprint density at radius 3 is 2.37 bits per heavy atom. The largest absolute Gasteiger partial charge is 0.393 e. The van der Waals surface area contributed by atoms with Gasteiger partial charge in [0.2, 0.25) is 0 Å². The molecule has 9 atom stereocenters. The lowest BCUT2D eigenvalue weighted by Gasteiger charge is -2.67. The Balaban J connectivity index is 1.74. The Labute approximate surface area is 164 Å². The number of fused-ring (bicyclic) bond motifs is 5. The number of ketones is 1. The lowest BCUT2D eigenvalue weighted by atomic mass is 9.42. The molecular formula is C23H39NO3. The van der Waals surface area contributed by atoms with Crippen molar-refractivity contribution in [1.29, 1.82) is 0 Å². The second-order valence-electron chi connectivity index (χ2n) is 11.1. The van der Waals surface area contributed by atoms with Gasteiger partial charge < -0.3 is 15.1 Å². The van der Waals surface area contributed by atoms with Crippen LogP contribution in [0.5, 0.6) is 0 Å². The fourth-order valence-corrected chi connectivity index (χ4v) is 8.57. The summed E-state index contributed by atoms with van der Waals surface area (Å²) in [5, 5.41) is 22.4. The van der Waals surface area contributed by atoms with Gasteiger partial charge >= 0.3 is 0 Å². The van der Waals surface area contributed by atoms with E-state index in [1.807, 2.05) is 0 Å². The molecule has 0 aromatic carbocycles. The molecule has 4 fully saturated rings.